The number of carbonyl (C=O) groups is 1. The number of hydrogen-bond donors (Lipinski definition) is 2. The Morgan fingerprint density at radius 1 is 1.40 bits per heavy atom. The Morgan fingerprint density at radius 3 is 2.70 bits per heavy atom. The molecule has 1 amide bonds. The molecule has 0 saturated heterocycles. The van der Waals surface area contributed by atoms with Gasteiger partial charge in [0.05, 0.1) is 11.4 Å². The van der Waals surface area contributed by atoms with E-state index in [2.05, 4.69) is 21.2 Å². The number of aryl methyl sites for hydroxylation is 1. The molecule has 0 aliphatic heterocycles. The van der Waals surface area contributed by atoms with Gasteiger partial charge in [0.2, 0.25) is 0 Å². The Hall–Kier alpha value is -1.89. The van der Waals surface area contributed by atoms with Crippen molar-refractivity contribution in [1.82, 2.24) is 4.57 Å². The van der Waals surface area contributed by atoms with Gasteiger partial charge in [-0.15, -0.1) is 0 Å². The van der Waals surface area contributed by atoms with Crippen LogP contribution in [0.5, 0.6) is 0 Å². The van der Waals surface area contributed by atoms with Gasteiger partial charge in [-0.25, -0.2) is 8.78 Å². The van der Waals surface area contributed by atoms with E-state index in [1.807, 2.05) is 6.92 Å². The van der Waals surface area contributed by atoms with Crippen molar-refractivity contribution >= 4 is 33.2 Å². The van der Waals surface area contributed by atoms with E-state index in [0.717, 1.165) is 6.07 Å². The number of nitrogen functional groups attached to an aromatic ring is 1. The number of halogens is 3. The fraction of sp³-hybridized carbons (Fsp3) is 0.154. The molecule has 7 heteroatoms. The van der Waals surface area contributed by atoms with Crippen LogP contribution in [0.25, 0.3) is 0 Å². The van der Waals surface area contributed by atoms with Gasteiger partial charge in [0.15, 0.2) is 5.82 Å². The van der Waals surface area contributed by atoms with E-state index in [-0.39, 0.29) is 10.2 Å². The summed E-state index contributed by atoms with van der Waals surface area (Å²) in [6, 6.07) is 3.27. The van der Waals surface area contributed by atoms with Crippen LogP contribution in [-0.2, 0) is 6.54 Å². The summed E-state index contributed by atoms with van der Waals surface area (Å²) >= 11 is 3.01. The van der Waals surface area contributed by atoms with Crippen molar-refractivity contribution < 1.29 is 13.6 Å². The number of nitrogens with two attached hydrogens (primary N) is 1. The van der Waals surface area contributed by atoms with Crippen LogP contribution in [0, 0.1) is 11.6 Å². The van der Waals surface area contributed by atoms with Crippen LogP contribution in [0.4, 0.5) is 20.2 Å². The summed E-state index contributed by atoms with van der Waals surface area (Å²) < 4.78 is 28.4. The van der Waals surface area contributed by atoms with Crippen LogP contribution >= 0.6 is 15.9 Å². The molecule has 1 aromatic carbocycles. The highest BCUT2D eigenvalue weighted by atomic mass is 79.9. The first-order valence-corrected chi connectivity index (χ1v) is 6.63. The van der Waals surface area contributed by atoms with E-state index >= 15 is 0 Å². The van der Waals surface area contributed by atoms with Gasteiger partial charge >= 0.3 is 0 Å². The number of benzene rings is 1. The minimum atomic E-state index is -0.854. The van der Waals surface area contributed by atoms with Gasteiger partial charge in [-0.1, -0.05) is 0 Å². The van der Waals surface area contributed by atoms with Crippen molar-refractivity contribution in [2.75, 3.05) is 11.1 Å². The average molecular weight is 344 g/mol. The first-order valence-electron chi connectivity index (χ1n) is 5.84. The van der Waals surface area contributed by atoms with Crippen LogP contribution < -0.4 is 11.1 Å². The predicted octanol–water partition coefficient (Wildman–Crippen LogP) is 3.38. The number of anilines is 2. The van der Waals surface area contributed by atoms with Gasteiger partial charge in [-0.3, -0.25) is 4.79 Å². The topological polar surface area (TPSA) is 60.0 Å². The lowest BCUT2D eigenvalue weighted by Gasteiger charge is -2.10. The number of nitrogens with zero attached hydrogens (tertiary/aromatic N) is 1. The number of carbonyl (C=O) groups excluding carboxylic acids is 1. The molecule has 2 aromatic rings. The molecule has 1 heterocycles. The molecule has 1 aromatic heterocycles. The van der Waals surface area contributed by atoms with E-state index in [9.17, 15) is 13.6 Å². The fourth-order valence-electron chi connectivity index (χ4n) is 1.82. The molecule has 0 saturated carbocycles. The third kappa shape index (κ3) is 2.82. The lowest BCUT2D eigenvalue weighted by Crippen LogP contribution is -2.17. The maximum absolute atomic E-state index is 13.7. The third-order valence-corrected chi connectivity index (χ3v) is 3.36. The molecule has 0 bridgehead atoms. The second-order valence-electron chi connectivity index (χ2n) is 4.14. The Bertz CT molecular complexity index is 647. The molecule has 0 fully saturated rings. The number of hydrogen-bond acceptors (Lipinski definition) is 2. The highest BCUT2D eigenvalue weighted by Gasteiger charge is 2.17. The van der Waals surface area contributed by atoms with Gasteiger partial charge in [0, 0.05) is 23.3 Å². The Morgan fingerprint density at radius 2 is 2.10 bits per heavy atom. The third-order valence-electron chi connectivity index (χ3n) is 2.74. The fourth-order valence-corrected chi connectivity index (χ4v) is 2.33. The zero-order valence-corrected chi connectivity index (χ0v) is 12.2. The second kappa shape index (κ2) is 5.62. The Balaban J connectivity index is 2.32. The zero-order valence-electron chi connectivity index (χ0n) is 10.6. The molecule has 0 unspecified atom stereocenters. The molecular formula is C13H12BrF2N3O. The predicted molar refractivity (Wildman–Crippen MR) is 76.5 cm³/mol. The molecule has 0 spiro atoms. The molecular weight excluding hydrogens is 332 g/mol. The minimum Gasteiger partial charge on any atom is -0.397 e. The lowest BCUT2D eigenvalue weighted by atomic mass is 10.2. The van der Waals surface area contributed by atoms with Gasteiger partial charge < -0.3 is 15.6 Å². The van der Waals surface area contributed by atoms with E-state index in [1.165, 1.54) is 6.07 Å². The zero-order chi connectivity index (χ0) is 14.9. The molecule has 0 aliphatic rings. The first-order chi connectivity index (χ1) is 9.42. The van der Waals surface area contributed by atoms with Gasteiger partial charge in [0.1, 0.15) is 11.5 Å². The molecule has 4 nitrogen and oxygen atoms in total. The highest BCUT2D eigenvalue weighted by molar-refractivity contribution is 9.10. The lowest BCUT2D eigenvalue weighted by molar-refractivity contribution is 0.101. The summed E-state index contributed by atoms with van der Waals surface area (Å²) in [5, 5.41) is 2.41. The summed E-state index contributed by atoms with van der Waals surface area (Å²) in [4.78, 5) is 12.1. The maximum atomic E-state index is 13.7. The Labute approximate surface area is 122 Å². The monoisotopic (exact) mass is 343 g/mol. The quantitative estimate of drug-likeness (QED) is 0.897. The van der Waals surface area contributed by atoms with Crippen molar-refractivity contribution in [3.05, 3.63) is 46.2 Å². The smallest absolute Gasteiger partial charge is 0.272 e. The Kier molecular flexibility index (Phi) is 4.08. The van der Waals surface area contributed by atoms with Crippen LogP contribution in [0.15, 0.2) is 28.9 Å². The second-order valence-corrected chi connectivity index (χ2v) is 5.00. The molecule has 0 atom stereocenters. The summed E-state index contributed by atoms with van der Waals surface area (Å²) in [5.41, 5.74) is 6.27. The van der Waals surface area contributed by atoms with E-state index in [0.29, 0.717) is 24.0 Å². The van der Waals surface area contributed by atoms with E-state index < -0.39 is 17.5 Å². The molecule has 106 valence electrons. The van der Waals surface area contributed by atoms with Crippen LogP contribution in [0.1, 0.15) is 17.4 Å². The van der Waals surface area contributed by atoms with Crippen LogP contribution in [0.3, 0.4) is 0 Å². The van der Waals surface area contributed by atoms with Gasteiger partial charge in [0.25, 0.3) is 5.91 Å². The number of aromatic nitrogens is 1. The molecule has 0 aliphatic carbocycles. The molecule has 2 rings (SSSR count). The number of amides is 1. The van der Waals surface area contributed by atoms with Crippen molar-refractivity contribution in [2.24, 2.45) is 0 Å². The summed E-state index contributed by atoms with van der Waals surface area (Å²) in [6.45, 7) is 2.40. The van der Waals surface area contributed by atoms with Gasteiger partial charge in [-0.2, -0.15) is 0 Å². The SMILES string of the molecule is CCn1cc(N)cc1C(=O)Nc1c(F)cc(F)cc1Br. The van der Waals surface area contributed by atoms with Crippen LogP contribution in [-0.4, -0.2) is 10.5 Å². The van der Waals surface area contributed by atoms with E-state index in [4.69, 9.17) is 5.73 Å². The average Bonchev–Trinajstić information content (AvgIpc) is 2.75. The normalized spacial score (nSPS) is 10.6. The molecule has 3 N–H and O–H groups in total. The van der Waals surface area contributed by atoms with Crippen molar-refractivity contribution in [3.8, 4) is 0 Å². The minimum absolute atomic E-state index is 0.112. The highest BCUT2D eigenvalue weighted by Crippen LogP contribution is 2.27. The van der Waals surface area contributed by atoms with Crippen molar-refractivity contribution in [3.63, 3.8) is 0 Å². The number of nitrogens with one attached hydrogen (secondary N) is 1. The van der Waals surface area contributed by atoms with E-state index in [1.54, 1.807) is 10.8 Å². The summed E-state index contributed by atoms with van der Waals surface area (Å²) in [6.07, 6.45) is 1.62. The van der Waals surface area contributed by atoms with Crippen molar-refractivity contribution in [1.29, 1.82) is 0 Å². The molecule has 0 radical (unpaired) electrons. The largest absolute Gasteiger partial charge is 0.397 e. The summed E-state index contributed by atoms with van der Waals surface area (Å²) in [7, 11) is 0. The summed E-state index contributed by atoms with van der Waals surface area (Å²) in [5.74, 6) is -2.10. The van der Waals surface area contributed by atoms with Crippen LogP contribution in [0.2, 0.25) is 0 Å². The standard InChI is InChI=1S/C13H12BrF2N3O/c1-2-19-6-8(17)5-11(19)13(20)18-12-9(14)3-7(15)4-10(12)16/h3-6H,2,17H2,1H3,(H,18,20). The number of rotatable bonds is 3. The maximum Gasteiger partial charge on any atom is 0.272 e. The van der Waals surface area contributed by atoms with Crippen molar-refractivity contribution in [2.45, 2.75) is 13.5 Å². The first kappa shape index (κ1) is 14.5. The molecule has 20 heavy (non-hydrogen) atoms. The van der Waals surface area contributed by atoms with Gasteiger partial charge in [-0.05, 0) is 35.0 Å².